The van der Waals surface area contributed by atoms with Crippen molar-refractivity contribution in [3.63, 3.8) is 0 Å². The maximum Gasteiger partial charge on any atom is 0.325 e. The number of ether oxygens (including phenoxy) is 1. The highest BCUT2D eigenvalue weighted by Gasteiger charge is 2.36. The van der Waals surface area contributed by atoms with Crippen molar-refractivity contribution in [2.24, 2.45) is 0 Å². The van der Waals surface area contributed by atoms with Gasteiger partial charge in [0, 0.05) is 6.61 Å². The van der Waals surface area contributed by atoms with Gasteiger partial charge in [0.2, 0.25) is 10.0 Å². The standard InChI is InChI=1S/C12H19N3O5S/c1-8-11(9(2)15(13-8)6-10(16)17)21(18,19)14-12(3)4-5-20-7-12/h14H,4-7H2,1-3H3,(H,16,17). The van der Waals surface area contributed by atoms with Crippen LogP contribution in [0.4, 0.5) is 0 Å². The molecule has 9 heteroatoms. The Balaban J connectivity index is 2.36. The minimum absolute atomic E-state index is 0.0388. The number of nitrogens with zero attached hydrogens (tertiary/aromatic N) is 2. The summed E-state index contributed by atoms with van der Waals surface area (Å²) in [6.07, 6.45) is 0.591. The first-order chi connectivity index (χ1) is 9.65. The molecule has 0 aliphatic carbocycles. The molecule has 1 atom stereocenters. The summed E-state index contributed by atoms with van der Waals surface area (Å²) in [5.41, 5.74) is -0.0548. The van der Waals surface area contributed by atoms with E-state index in [0.29, 0.717) is 25.3 Å². The molecule has 118 valence electrons. The summed E-state index contributed by atoms with van der Waals surface area (Å²) in [5.74, 6) is -1.08. The fraction of sp³-hybridized carbons (Fsp3) is 0.667. The molecule has 0 bridgehead atoms. The van der Waals surface area contributed by atoms with Crippen molar-refractivity contribution in [2.45, 2.75) is 44.2 Å². The molecule has 0 amide bonds. The van der Waals surface area contributed by atoms with Crippen molar-refractivity contribution in [1.82, 2.24) is 14.5 Å². The number of carboxylic acid groups (broad SMARTS) is 1. The largest absolute Gasteiger partial charge is 0.480 e. The number of carbonyl (C=O) groups is 1. The Hall–Kier alpha value is -1.45. The summed E-state index contributed by atoms with van der Waals surface area (Å²) in [7, 11) is -3.78. The predicted molar refractivity (Wildman–Crippen MR) is 73.5 cm³/mol. The fourth-order valence-corrected chi connectivity index (χ4v) is 4.31. The molecule has 1 aliphatic rings. The van der Waals surface area contributed by atoms with E-state index < -0.39 is 21.5 Å². The van der Waals surface area contributed by atoms with Crippen LogP contribution in [-0.2, 0) is 26.1 Å². The Labute approximate surface area is 123 Å². The van der Waals surface area contributed by atoms with Crippen LogP contribution < -0.4 is 4.72 Å². The number of rotatable bonds is 5. The number of aryl methyl sites for hydroxylation is 1. The molecule has 1 fully saturated rings. The van der Waals surface area contributed by atoms with E-state index in [4.69, 9.17) is 9.84 Å². The Morgan fingerprint density at radius 2 is 2.19 bits per heavy atom. The van der Waals surface area contributed by atoms with Gasteiger partial charge in [-0.15, -0.1) is 0 Å². The Morgan fingerprint density at radius 1 is 1.52 bits per heavy atom. The first-order valence-corrected chi connectivity index (χ1v) is 8.00. The second-order valence-electron chi connectivity index (χ2n) is 5.52. The van der Waals surface area contributed by atoms with Gasteiger partial charge in [-0.05, 0) is 27.2 Å². The van der Waals surface area contributed by atoms with Crippen molar-refractivity contribution in [3.8, 4) is 0 Å². The molecule has 2 heterocycles. The van der Waals surface area contributed by atoms with E-state index in [-0.39, 0.29) is 17.1 Å². The zero-order valence-corrected chi connectivity index (χ0v) is 13.0. The molecule has 0 aromatic carbocycles. The Kier molecular flexibility index (Phi) is 4.09. The van der Waals surface area contributed by atoms with Crippen molar-refractivity contribution in [1.29, 1.82) is 0 Å². The summed E-state index contributed by atoms with van der Waals surface area (Å²) in [6, 6.07) is 0. The second-order valence-corrected chi connectivity index (χ2v) is 7.14. The van der Waals surface area contributed by atoms with E-state index >= 15 is 0 Å². The summed E-state index contributed by atoms with van der Waals surface area (Å²) in [5, 5.41) is 12.8. The van der Waals surface area contributed by atoms with Crippen LogP contribution >= 0.6 is 0 Å². The molecule has 2 rings (SSSR count). The highest BCUT2D eigenvalue weighted by molar-refractivity contribution is 7.89. The summed E-state index contributed by atoms with van der Waals surface area (Å²) in [6.45, 7) is 5.33. The third-order valence-corrected chi connectivity index (χ3v) is 5.36. The number of carboxylic acids is 1. The topological polar surface area (TPSA) is 111 Å². The van der Waals surface area contributed by atoms with Crippen LogP contribution in [0.15, 0.2) is 4.90 Å². The van der Waals surface area contributed by atoms with Gasteiger partial charge in [-0.3, -0.25) is 9.48 Å². The van der Waals surface area contributed by atoms with Crippen molar-refractivity contribution < 1.29 is 23.1 Å². The lowest BCUT2D eigenvalue weighted by Crippen LogP contribution is -2.46. The number of nitrogens with one attached hydrogen (secondary N) is 1. The molecule has 1 aromatic heterocycles. The lowest BCUT2D eigenvalue weighted by Gasteiger charge is -2.23. The van der Waals surface area contributed by atoms with Gasteiger partial charge in [0.25, 0.3) is 0 Å². The van der Waals surface area contributed by atoms with Gasteiger partial charge in [0.15, 0.2) is 0 Å². The number of sulfonamides is 1. The molecule has 1 unspecified atom stereocenters. The molecular formula is C12H19N3O5S. The molecule has 8 nitrogen and oxygen atoms in total. The molecule has 1 aliphatic heterocycles. The zero-order valence-electron chi connectivity index (χ0n) is 12.2. The average Bonchev–Trinajstić information content (AvgIpc) is 2.83. The van der Waals surface area contributed by atoms with E-state index in [1.54, 1.807) is 20.8 Å². The molecule has 0 radical (unpaired) electrons. The van der Waals surface area contributed by atoms with E-state index in [9.17, 15) is 13.2 Å². The highest BCUT2D eigenvalue weighted by Crippen LogP contribution is 2.24. The third-order valence-electron chi connectivity index (χ3n) is 3.47. The van der Waals surface area contributed by atoms with E-state index in [0.717, 1.165) is 0 Å². The number of aliphatic carboxylic acids is 1. The smallest absolute Gasteiger partial charge is 0.325 e. The first kappa shape index (κ1) is 15.9. The predicted octanol–water partition coefficient (Wildman–Crippen LogP) is 0.0418. The third kappa shape index (κ3) is 3.25. The van der Waals surface area contributed by atoms with Crippen molar-refractivity contribution in [3.05, 3.63) is 11.4 Å². The fourth-order valence-electron chi connectivity index (χ4n) is 2.47. The highest BCUT2D eigenvalue weighted by atomic mass is 32.2. The number of aromatic nitrogens is 2. The van der Waals surface area contributed by atoms with Crippen LogP contribution in [0, 0.1) is 13.8 Å². The lowest BCUT2D eigenvalue weighted by atomic mass is 10.0. The van der Waals surface area contributed by atoms with Crippen LogP contribution in [0.2, 0.25) is 0 Å². The van der Waals surface area contributed by atoms with Crippen molar-refractivity contribution >= 4 is 16.0 Å². The summed E-state index contributed by atoms with van der Waals surface area (Å²) >= 11 is 0. The molecule has 0 spiro atoms. The quantitative estimate of drug-likeness (QED) is 0.793. The van der Waals surface area contributed by atoms with Crippen LogP contribution in [0.3, 0.4) is 0 Å². The minimum Gasteiger partial charge on any atom is -0.480 e. The van der Waals surface area contributed by atoms with Gasteiger partial charge in [-0.2, -0.15) is 5.10 Å². The van der Waals surface area contributed by atoms with Crippen LogP contribution in [-0.4, -0.2) is 48.0 Å². The number of hydrogen-bond donors (Lipinski definition) is 2. The van der Waals surface area contributed by atoms with Crippen molar-refractivity contribution in [2.75, 3.05) is 13.2 Å². The van der Waals surface area contributed by atoms with Gasteiger partial charge in [0.05, 0.1) is 23.5 Å². The maximum absolute atomic E-state index is 12.6. The Morgan fingerprint density at radius 3 is 2.71 bits per heavy atom. The van der Waals surface area contributed by atoms with Gasteiger partial charge in [-0.25, -0.2) is 13.1 Å². The summed E-state index contributed by atoms with van der Waals surface area (Å²) in [4.78, 5) is 10.8. The molecule has 1 saturated heterocycles. The van der Waals surface area contributed by atoms with Gasteiger partial charge < -0.3 is 9.84 Å². The zero-order chi connectivity index (χ0) is 15.8. The molecule has 1 aromatic rings. The molecule has 2 N–H and O–H groups in total. The van der Waals surface area contributed by atoms with Gasteiger partial charge in [0.1, 0.15) is 11.4 Å². The average molecular weight is 317 g/mol. The molecule has 21 heavy (non-hydrogen) atoms. The molecule has 0 saturated carbocycles. The first-order valence-electron chi connectivity index (χ1n) is 6.52. The monoisotopic (exact) mass is 317 g/mol. The Bertz CT molecular complexity index is 659. The van der Waals surface area contributed by atoms with Gasteiger partial charge >= 0.3 is 5.97 Å². The second kappa shape index (κ2) is 5.39. The van der Waals surface area contributed by atoms with E-state index in [2.05, 4.69) is 9.82 Å². The van der Waals surface area contributed by atoms with E-state index in [1.807, 2.05) is 0 Å². The van der Waals surface area contributed by atoms with Crippen LogP contribution in [0.25, 0.3) is 0 Å². The lowest BCUT2D eigenvalue weighted by molar-refractivity contribution is -0.137. The maximum atomic E-state index is 12.6. The molecular weight excluding hydrogens is 298 g/mol. The summed E-state index contributed by atoms with van der Waals surface area (Å²) < 4.78 is 34.2. The number of hydrogen-bond acceptors (Lipinski definition) is 5. The van der Waals surface area contributed by atoms with Gasteiger partial charge in [-0.1, -0.05) is 0 Å². The van der Waals surface area contributed by atoms with Crippen LogP contribution in [0.5, 0.6) is 0 Å². The minimum atomic E-state index is -3.78. The van der Waals surface area contributed by atoms with Crippen LogP contribution in [0.1, 0.15) is 24.7 Å². The normalized spacial score (nSPS) is 22.6. The van der Waals surface area contributed by atoms with E-state index in [1.165, 1.54) is 4.68 Å². The SMILES string of the molecule is Cc1nn(CC(=O)O)c(C)c1S(=O)(=O)NC1(C)CCOC1.